The summed E-state index contributed by atoms with van der Waals surface area (Å²) in [6.45, 7) is 13.8. The zero-order chi connectivity index (χ0) is 53.8. The first-order valence-electron chi connectivity index (χ1n) is 28.3. The van der Waals surface area contributed by atoms with Gasteiger partial charge < -0.3 is 13.8 Å². The number of fused-ring (bicyclic) bond motifs is 13. The summed E-state index contributed by atoms with van der Waals surface area (Å²) in [5.74, 6) is 0. The number of nitrogens with zero attached hydrogens (tertiary/aromatic N) is 2. The Labute approximate surface area is 467 Å². The van der Waals surface area contributed by atoms with Crippen molar-refractivity contribution in [2.45, 2.75) is 52.4 Å². The maximum atomic E-state index is 7.35. The van der Waals surface area contributed by atoms with Crippen LogP contribution in [0.15, 0.2) is 241 Å². The zero-order valence-corrected chi connectivity index (χ0v) is 45.9. The number of hydrogen-bond donors (Lipinski definition) is 0. The number of benzene rings is 12. The number of anilines is 3. The topological polar surface area (TPSA) is 21.3 Å². The predicted molar refractivity (Wildman–Crippen MR) is 341 cm³/mol. The highest BCUT2D eigenvalue weighted by Gasteiger charge is 2.45. The molecule has 12 aromatic carbocycles. The predicted octanol–water partition coefficient (Wildman–Crippen LogP) is 19.7. The molecule has 0 saturated heterocycles. The van der Waals surface area contributed by atoms with E-state index in [-0.39, 0.29) is 17.7 Å². The van der Waals surface area contributed by atoms with Crippen LogP contribution >= 0.6 is 0 Å². The molecule has 2 aliphatic heterocycles. The molecule has 0 radical (unpaired) electrons. The Morgan fingerprint density at radius 1 is 0.362 bits per heavy atom. The van der Waals surface area contributed by atoms with Gasteiger partial charge in [-0.2, -0.15) is 0 Å². The fourth-order valence-electron chi connectivity index (χ4n) is 13.8. The highest BCUT2D eigenvalue weighted by Crippen LogP contribution is 2.53. The van der Waals surface area contributed by atoms with E-state index in [2.05, 4.69) is 288 Å². The molecule has 4 heterocycles. The first-order chi connectivity index (χ1) is 39.0. The van der Waals surface area contributed by atoms with E-state index in [1.807, 2.05) is 0 Å². The molecular formula is C76H57BN2O. The SMILES string of the molecule is CC(C)(C)c1ccc2c(c1)c1cc(C(C)(C)C)cc3c1n2B1c2cc4c(-c5ccccc5)c5ccccc5c(-c5ccccc5)c4cc2N(c2cc(-c4ccccc4)cc(-c4ccccc4)c2)c2cc4c(oc5ccccc54)c-3c21. The Balaban J connectivity index is 1.15. The van der Waals surface area contributed by atoms with Crippen molar-refractivity contribution >= 4 is 100 Å². The van der Waals surface area contributed by atoms with Gasteiger partial charge in [0.2, 0.25) is 0 Å². The Morgan fingerprint density at radius 2 is 0.875 bits per heavy atom. The normalized spacial score (nSPS) is 13.1. The van der Waals surface area contributed by atoms with Gasteiger partial charge in [-0.3, -0.25) is 0 Å². The molecule has 80 heavy (non-hydrogen) atoms. The van der Waals surface area contributed by atoms with Crippen LogP contribution in [0.5, 0.6) is 0 Å². The summed E-state index contributed by atoms with van der Waals surface area (Å²) < 4.78 is 10.1. The summed E-state index contributed by atoms with van der Waals surface area (Å²) in [6.07, 6.45) is 0. The first-order valence-corrected chi connectivity index (χ1v) is 28.3. The molecular weight excluding hydrogens is 968 g/mol. The van der Waals surface area contributed by atoms with Gasteiger partial charge in [-0.25, -0.2) is 0 Å². The van der Waals surface area contributed by atoms with E-state index in [4.69, 9.17) is 4.42 Å². The van der Waals surface area contributed by atoms with Crippen molar-refractivity contribution in [3.05, 3.63) is 248 Å². The minimum atomic E-state index is -0.247. The molecule has 2 aliphatic rings. The summed E-state index contributed by atoms with van der Waals surface area (Å²) in [4.78, 5) is 2.63. The van der Waals surface area contributed by atoms with Crippen molar-refractivity contribution in [2.24, 2.45) is 0 Å². The third-order valence-electron chi connectivity index (χ3n) is 17.6. The molecule has 0 amide bonds. The molecule has 0 saturated carbocycles. The average Bonchev–Trinajstić information content (AvgIpc) is 2.30. The first kappa shape index (κ1) is 46.7. The molecule has 16 rings (SSSR count). The summed E-state index contributed by atoms with van der Waals surface area (Å²) in [7, 11) is 0. The lowest BCUT2D eigenvalue weighted by atomic mass is 9.44. The lowest BCUT2D eigenvalue weighted by Crippen LogP contribution is -2.56. The second kappa shape index (κ2) is 17.1. The highest BCUT2D eigenvalue weighted by atomic mass is 16.3. The number of rotatable bonds is 5. The van der Waals surface area contributed by atoms with Gasteiger partial charge in [0.1, 0.15) is 11.2 Å². The molecule has 0 unspecified atom stereocenters. The molecule has 14 aromatic rings. The molecule has 2 aromatic heterocycles. The van der Waals surface area contributed by atoms with E-state index < -0.39 is 0 Å². The van der Waals surface area contributed by atoms with Gasteiger partial charge in [-0.05, 0) is 160 Å². The van der Waals surface area contributed by atoms with Crippen LogP contribution in [0.25, 0.3) is 121 Å². The molecule has 380 valence electrons. The Kier molecular flexibility index (Phi) is 9.96. The number of furan rings is 1. The second-order valence-corrected chi connectivity index (χ2v) is 24.4. The summed E-state index contributed by atoms with van der Waals surface area (Å²) in [5, 5.41) is 9.69. The van der Waals surface area contributed by atoms with Gasteiger partial charge in [-0.1, -0.05) is 217 Å². The van der Waals surface area contributed by atoms with Crippen molar-refractivity contribution in [2.75, 3.05) is 4.90 Å². The Hall–Kier alpha value is -9.38. The third kappa shape index (κ3) is 6.88. The standard InChI is InChI=1S/C76H57BN2O/c1-75(2,3)52-35-36-65-58(40-52)61-41-53(76(4,5)6)42-63-71-72-67(45-62-55-31-21-22-34-68(55)80-74(62)71)78(54-38-50(46-23-11-7-12-24-46)37-51(39-54)47-25-13-8-14-26-47)66-44-60-59(43-64(66)77(72)79(65)73(61)63)69(48-27-15-9-16-28-48)56-32-19-20-33-57(56)70(60)49-29-17-10-18-30-49/h7-45H,1-6H3. The monoisotopic (exact) mass is 1020 g/mol. The van der Waals surface area contributed by atoms with Crippen LogP contribution in [0.1, 0.15) is 52.7 Å². The second-order valence-electron chi connectivity index (χ2n) is 24.4. The van der Waals surface area contributed by atoms with E-state index in [0.29, 0.717) is 0 Å². The van der Waals surface area contributed by atoms with Gasteiger partial charge >= 0.3 is 6.85 Å². The minimum absolute atomic E-state index is 0.0549. The highest BCUT2D eigenvalue weighted by molar-refractivity contribution is 6.90. The number of para-hydroxylation sites is 1. The quantitative estimate of drug-likeness (QED) is 0.127. The zero-order valence-electron chi connectivity index (χ0n) is 45.9. The smallest absolute Gasteiger partial charge is 0.333 e. The van der Waals surface area contributed by atoms with Crippen LogP contribution in [0, 0.1) is 0 Å². The molecule has 0 bridgehead atoms. The Bertz CT molecular complexity index is 4830. The van der Waals surface area contributed by atoms with Crippen LogP contribution in [-0.4, -0.2) is 11.3 Å². The molecule has 4 heteroatoms. The Morgan fingerprint density at radius 3 is 1.46 bits per heavy atom. The van der Waals surface area contributed by atoms with E-state index in [9.17, 15) is 0 Å². The fraction of sp³-hybridized carbons (Fsp3) is 0.105. The maximum absolute atomic E-state index is 7.35. The van der Waals surface area contributed by atoms with Crippen molar-refractivity contribution in [3.63, 3.8) is 0 Å². The largest absolute Gasteiger partial charge is 0.455 e. The average molecular weight is 1030 g/mol. The van der Waals surface area contributed by atoms with Gasteiger partial charge in [0, 0.05) is 60.8 Å². The van der Waals surface area contributed by atoms with Crippen molar-refractivity contribution < 1.29 is 4.42 Å². The minimum Gasteiger partial charge on any atom is -0.455 e. The maximum Gasteiger partial charge on any atom is 0.333 e. The number of aromatic nitrogens is 1. The van der Waals surface area contributed by atoms with E-state index in [1.54, 1.807) is 0 Å². The lowest BCUT2D eigenvalue weighted by molar-refractivity contribution is 0.590. The van der Waals surface area contributed by atoms with Gasteiger partial charge in [-0.15, -0.1) is 0 Å². The van der Waals surface area contributed by atoms with E-state index >= 15 is 0 Å². The van der Waals surface area contributed by atoms with Gasteiger partial charge in [0.15, 0.2) is 0 Å². The van der Waals surface area contributed by atoms with E-state index in [1.165, 1.54) is 110 Å². The van der Waals surface area contributed by atoms with Crippen LogP contribution in [0.4, 0.5) is 17.1 Å². The molecule has 0 N–H and O–H groups in total. The van der Waals surface area contributed by atoms with Crippen molar-refractivity contribution in [1.82, 2.24) is 4.48 Å². The lowest BCUT2D eigenvalue weighted by Gasteiger charge is -2.41. The summed E-state index contributed by atoms with van der Waals surface area (Å²) >= 11 is 0. The summed E-state index contributed by atoms with van der Waals surface area (Å²) in [5.41, 5.74) is 24.5. The third-order valence-corrected chi connectivity index (χ3v) is 17.6. The molecule has 0 fully saturated rings. The molecule has 3 nitrogen and oxygen atoms in total. The van der Waals surface area contributed by atoms with E-state index in [0.717, 1.165) is 50.1 Å². The van der Waals surface area contributed by atoms with Crippen LogP contribution in [0.2, 0.25) is 0 Å². The van der Waals surface area contributed by atoms with Crippen LogP contribution < -0.4 is 15.8 Å². The molecule has 0 aliphatic carbocycles. The molecule has 0 spiro atoms. The molecule has 0 atom stereocenters. The van der Waals surface area contributed by atoms with Crippen molar-refractivity contribution in [1.29, 1.82) is 0 Å². The van der Waals surface area contributed by atoms with Gasteiger partial charge in [0.25, 0.3) is 0 Å². The fourth-order valence-corrected chi connectivity index (χ4v) is 13.8. The summed E-state index contributed by atoms with van der Waals surface area (Å²) in [6, 6.07) is 88.9. The van der Waals surface area contributed by atoms with Crippen LogP contribution in [-0.2, 0) is 10.8 Å². The van der Waals surface area contributed by atoms with Gasteiger partial charge in [0.05, 0.1) is 0 Å². The number of hydrogen-bond acceptors (Lipinski definition) is 2. The van der Waals surface area contributed by atoms with Crippen molar-refractivity contribution in [3.8, 4) is 55.6 Å². The van der Waals surface area contributed by atoms with Crippen LogP contribution in [0.3, 0.4) is 0 Å².